The van der Waals surface area contributed by atoms with Gasteiger partial charge in [-0.25, -0.2) is 23.2 Å². The fourth-order valence-electron chi connectivity index (χ4n) is 6.41. The Bertz CT molecular complexity index is 2100. The van der Waals surface area contributed by atoms with Gasteiger partial charge in [0.15, 0.2) is 21.3 Å². The van der Waals surface area contributed by atoms with E-state index in [-0.39, 0.29) is 46.5 Å². The molecule has 16 heteroatoms. The first-order chi connectivity index (χ1) is 28.3. The number of phenols is 1. The molecule has 0 spiro atoms. The standard InChI is InChI=1S/C42H55IN5O8PS.C2H6/c1-40(2,3)55-39(51)46-25-31-17-14-18-33(36(31)49)48-38(50)35-37(44)45-26-34(47-35)30-19-21-32(22-20-30)58(52,53)41(4,5)28-42(6,56-57-43)23-12-7-8-13-24-54-27-29-15-10-9-11-16-29;1-2/h9-11,14-22,26,49,57H,7-8,12-13,23-25,27-28H2,1-6H3,(H2,44,45)(H,46,51)(H,48,50);1-2H3. The number of ether oxygens (including phenoxy) is 2. The fourth-order valence-corrected chi connectivity index (χ4v) is 9.99. The monoisotopic (exact) mass is 977 g/mol. The Labute approximate surface area is 370 Å². The molecule has 5 N–H and O–H groups in total. The van der Waals surface area contributed by atoms with Crippen molar-refractivity contribution in [3.05, 3.63) is 95.8 Å². The van der Waals surface area contributed by atoms with Crippen LogP contribution in [0.4, 0.5) is 16.3 Å². The number of alkyl carbamates (subject to hydrolysis) is 1. The number of aromatic nitrogens is 2. The first kappa shape index (κ1) is 50.5. The molecule has 13 nitrogen and oxygen atoms in total. The Morgan fingerprint density at radius 1 is 0.900 bits per heavy atom. The van der Waals surface area contributed by atoms with Crippen molar-refractivity contribution in [2.24, 2.45) is 0 Å². The molecule has 2 amide bonds. The average molecular weight is 978 g/mol. The first-order valence-corrected chi connectivity index (χ1v) is 25.6. The van der Waals surface area contributed by atoms with Crippen molar-refractivity contribution in [2.45, 2.75) is 128 Å². The van der Waals surface area contributed by atoms with Crippen molar-refractivity contribution in [1.82, 2.24) is 15.3 Å². The molecule has 2 atom stereocenters. The Balaban J connectivity index is 0.00000473. The lowest BCUT2D eigenvalue weighted by Crippen LogP contribution is -2.41. The lowest BCUT2D eigenvalue weighted by atomic mass is 9.88. The fraction of sp³-hybridized carbons (Fsp3) is 0.455. The molecule has 328 valence electrons. The number of nitrogens with zero attached hydrogens (tertiary/aromatic N) is 2. The molecule has 0 aliphatic heterocycles. The van der Waals surface area contributed by atoms with Crippen LogP contribution in [0.1, 0.15) is 116 Å². The molecule has 0 saturated carbocycles. The molecule has 4 rings (SSSR count). The SMILES string of the molecule is CC.CC(C)(C)OC(=O)NCc1cccc(NC(=O)c2nc(-c3ccc(S(=O)(=O)C(C)(C)CC(C)(CCCCCCOCc4ccccc4)OPI)cc3)cnc2N)c1O. The van der Waals surface area contributed by atoms with E-state index in [9.17, 15) is 23.1 Å². The van der Waals surface area contributed by atoms with E-state index < -0.39 is 37.8 Å². The first-order valence-electron chi connectivity index (χ1n) is 20.1. The number of nitrogen functional groups attached to an aromatic ring is 1. The summed E-state index contributed by atoms with van der Waals surface area (Å²) >= 11 is 2.19. The van der Waals surface area contributed by atoms with Crippen LogP contribution in [0.2, 0.25) is 0 Å². The van der Waals surface area contributed by atoms with Crippen LogP contribution in [0.5, 0.6) is 5.75 Å². The van der Waals surface area contributed by atoms with Gasteiger partial charge in [0.05, 0.1) is 45.9 Å². The number of carbonyl (C=O) groups is 2. The van der Waals surface area contributed by atoms with Crippen LogP contribution < -0.4 is 16.4 Å². The van der Waals surface area contributed by atoms with E-state index in [1.807, 2.05) is 39.0 Å². The minimum atomic E-state index is -3.82. The third kappa shape index (κ3) is 15.2. The molecule has 0 bridgehead atoms. The van der Waals surface area contributed by atoms with Gasteiger partial charge in [-0.15, -0.1) is 0 Å². The van der Waals surface area contributed by atoms with Gasteiger partial charge in [0.25, 0.3) is 5.91 Å². The Kier molecular flexibility index (Phi) is 19.6. The van der Waals surface area contributed by atoms with Crippen molar-refractivity contribution in [3.63, 3.8) is 0 Å². The molecule has 0 radical (unpaired) electrons. The zero-order valence-electron chi connectivity index (χ0n) is 35.9. The highest BCUT2D eigenvalue weighted by Crippen LogP contribution is 2.42. The number of halogens is 1. The number of nitrogens with one attached hydrogen (secondary N) is 2. The summed E-state index contributed by atoms with van der Waals surface area (Å²) in [7, 11) is -3.82. The molecule has 60 heavy (non-hydrogen) atoms. The topological polar surface area (TPSA) is 192 Å². The number of unbranched alkanes of at least 4 members (excludes halogenated alkanes) is 3. The Morgan fingerprint density at radius 3 is 2.22 bits per heavy atom. The number of amides is 2. The van der Waals surface area contributed by atoms with Gasteiger partial charge in [-0.05, 0) is 107 Å². The largest absolute Gasteiger partial charge is 0.505 e. The smallest absolute Gasteiger partial charge is 0.407 e. The van der Waals surface area contributed by atoms with Crippen LogP contribution >= 0.6 is 28.5 Å². The second-order valence-corrected chi connectivity index (χ2v) is 20.2. The highest BCUT2D eigenvalue weighted by molar-refractivity contribution is 14.2. The lowest BCUT2D eigenvalue weighted by Gasteiger charge is -2.36. The molecule has 4 aromatic rings. The van der Waals surface area contributed by atoms with E-state index in [4.69, 9.17) is 19.7 Å². The number of nitrogens with two attached hydrogens (primary N) is 1. The number of benzene rings is 3. The predicted molar refractivity (Wildman–Crippen MR) is 249 cm³/mol. The number of carbonyl (C=O) groups excluding carboxylic acids is 2. The van der Waals surface area contributed by atoms with E-state index in [1.165, 1.54) is 24.4 Å². The lowest BCUT2D eigenvalue weighted by molar-refractivity contribution is 0.0523. The normalized spacial score (nSPS) is 12.9. The summed E-state index contributed by atoms with van der Waals surface area (Å²) in [6.07, 6.45) is 5.65. The third-order valence-corrected chi connectivity index (χ3v) is 13.1. The van der Waals surface area contributed by atoms with Crippen molar-refractivity contribution in [1.29, 1.82) is 0 Å². The van der Waals surface area contributed by atoms with Gasteiger partial charge < -0.3 is 35.5 Å². The molecule has 0 fully saturated rings. The number of sulfone groups is 1. The summed E-state index contributed by atoms with van der Waals surface area (Å²) in [5.41, 5.74) is 6.89. The van der Waals surface area contributed by atoms with E-state index in [0.717, 1.165) is 37.7 Å². The van der Waals surface area contributed by atoms with Gasteiger partial charge in [-0.1, -0.05) is 87.7 Å². The summed E-state index contributed by atoms with van der Waals surface area (Å²) in [6.45, 7) is 16.1. The van der Waals surface area contributed by atoms with E-state index in [2.05, 4.69) is 54.8 Å². The van der Waals surface area contributed by atoms with Crippen LogP contribution in [-0.4, -0.2) is 58.0 Å². The zero-order chi connectivity index (χ0) is 44.6. The van der Waals surface area contributed by atoms with Crippen LogP contribution in [0, 0.1) is 0 Å². The van der Waals surface area contributed by atoms with E-state index >= 15 is 0 Å². The number of hydrogen-bond acceptors (Lipinski definition) is 11. The maximum absolute atomic E-state index is 14.1. The Morgan fingerprint density at radius 2 is 1.57 bits per heavy atom. The molecule has 0 aliphatic carbocycles. The van der Waals surface area contributed by atoms with Crippen molar-refractivity contribution < 1.29 is 37.1 Å². The average Bonchev–Trinajstić information content (AvgIpc) is 3.19. The van der Waals surface area contributed by atoms with Gasteiger partial charge in [-0.2, -0.15) is 0 Å². The number of rotatable bonds is 20. The number of anilines is 2. The Hall–Kier alpha value is -3.89. The minimum absolute atomic E-state index is 0.0520. The highest BCUT2D eigenvalue weighted by Gasteiger charge is 2.42. The van der Waals surface area contributed by atoms with Crippen molar-refractivity contribution >= 4 is 61.8 Å². The van der Waals surface area contributed by atoms with Crippen molar-refractivity contribution in [3.8, 4) is 17.0 Å². The summed E-state index contributed by atoms with van der Waals surface area (Å²) in [4.78, 5) is 34.2. The molecule has 1 aromatic heterocycles. The minimum Gasteiger partial charge on any atom is -0.505 e. The third-order valence-electron chi connectivity index (χ3n) is 9.33. The second kappa shape index (κ2) is 23.4. The molecule has 0 aliphatic rings. The molecule has 1 heterocycles. The number of para-hydroxylation sites is 1. The van der Waals surface area contributed by atoms with Crippen LogP contribution in [0.25, 0.3) is 11.3 Å². The van der Waals surface area contributed by atoms with Gasteiger partial charge >= 0.3 is 6.09 Å². The number of hydrogen-bond donors (Lipinski definition) is 4. The van der Waals surface area contributed by atoms with Gasteiger partial charge in [0.1, 0.15) is 11.4 Å². The quantitative estimate of drug-likeness (QED) is 0.0285. The summed E-state index contributed by atoms with van der Waals surface area (Å²) in [5, 5.41) is 16.0. The van der Waals surface area contributed by atoms with Gasteiger partial charge in [0, 0.05) is 24.3 Å². The number of phenolic OH excluding ortho intramolecular Hbond substituents is 1. The van der Waals surface area contributed by atoms with Gasteiger partial charge in [0.2, 0.25) is 0 Å². The maximum Gasteiger partial charge on any atom is 0.407 e. The predicted octanol–water partition coefficient (Wildman–Crippen LogP) is 10.6. The summed E-state index contributed by atoms with van der Waals surface area (Å²) in [5.74, 6) is -1.13. The van der Waals surface area contributed by atoms with Crippen LogP contribution in [0.15, 0.2) is 83.9 Å². The zero-order valence-corrected chi connectivity index (χ0v) is 39.9. The van der Waals surface area contributed by atoms with Crippen molar-refractivity contribution in [2.75, 3.05) is 17.7 Å². The maximum atomic E-state index is 14.1. The number of aromatic hydroxyl groups is 1. The molecule has 3 aromatic carbocycles. The summed E-state index contributed by atoms with van der Waals surface area (Å²) in [6, 6.07) is 21.1. The second-order valence-electron chi connectivity index (χ2n) is 15.9. The van der Waals surface area contributed by atoms with E-state index in [0.29, 0.717) is 30.8 Å². The highest BCUT2D eigenvalue weighted by atomic mass is 127. The molecular weight excluding hydrogens is 916 g/mol. The summed E-state index contributed by atoms with van der Waals surface area (Å²) < 4.78 is 44.3. The van der Waals surface area contributed by atoms with Gasteiger partial charge in [-0.3, -0.25) is 4.79 Å². The van der Waals surface area contributed by atoms with Crippen LogP contribution in [-0.2, 0) is 37.0 Å². The van der Waals surface area contributed by atoms with E-state index in [1.54, 1.807) is 58.9 Å². The molecule has 0 saturated heterocycles. The molecular formula is C44H61IN5O8PS. The molecule has 2 unspecified atom stereocenters. The van der Waals surface area contributed by atoms with Crippen LogP contribution in [0.3, 0.4) is 0 Å².